The van der Waals surface area contributed by atoms with Gasteiger partial charge in [-0.1, -0.05) is 53.5 Å². The van der Waals surface area contributed by atoms with Crippen molar-refractivity contribution in [1.29, 1.82) is 0 Å². The summed E-state index contributed by atoms with van der Waals surface area (Å²) < 4.78 is 9.80. The number of aromatic nitrogens is 2. The Labute approximate surface area is 219 Å². The van der Waals surface area contributed by atoms with E-state index in [1.807, 2.05) is 30.3 Å². The molecule has 1 aliphatic rings. The van der Waals surface area contributed by atoms with Crippen molar-refractivity contribution >= 4 is 34.6 Å². The van der Waals surface area contributed by atoms with Crippen molar-refractivity contribution < 1.29 is 9.53 Å². The van der Waals surface area contributed by atoms with Gasteiger partial charge in [-0.25, -0.2) is 0 Å². The van der Waals surface area contributed by atoms with Crippen LogP contribution in [0.15, 0.2) is 79.0 Å². The highest BCUT2D eigenvalue weighted by atomic mass is 35.5. The number of carbonyl (C=O) groups is 1. The van der Waals surface area contributed by atoms with Gasteiger partial charge in [-0.05, 0) is 72.9 Å². The van der Waals surface area contributed by atoms with Crippen LogP contribution in [0.4, 0.5) is 0 Å². The number of ketones is 1. The zero-order valence-corrected chi connectivity index (χ0v) is 21.3. The molecule has 5 aromatic rings. The summed E-state index contributed by atoms with van der Waals surface area (Å²) >= 11 is 12.7. The fraction of sp³-hybridized carbons (Fsp3) is 0.167. The number of imidazole rings is 1. The number of ether oxygens (including phenoxy) is 1. The second-order valence-corrected chi connectivity index (χ2v) is 9.91. The molecule has 3 aromatic carbocycles. The van der Waals surface area contributed by atoms with Crippen LogP contribution in [-0.4, -0.2) is 21.9 Å². The van der Waals surface area contributed by atoms with E-state index in [0.717, 1.165) is 59.6 Å². The Balaban J connectivity index is 1.66. The minimum Gasteiger partial charge on any atom is -0.497 e. The fourth-order valence-electron chi connectivity index (χ4n) is 5.32. The van der Waals surface area contributed by atoms with Crippen LogP contribution in [0.3, 0.4) is 0 Å². The number of aryl methyl sites for hydroxylation is 2. The third kappa shape index (κ3) is 3.73. The van der Waals surface area contributed by atoms with E-state index >= 15 is 0 Å². The van der Waals surface area contributed by atoms with Gasteiger partial charge in [0.15, 0.2) is 0 Å². The van der Waals surface area contributed by atoms with E-state index in [2.05, 4.69) is 39.4 Å². The fourth-order valence-corrected chi connectivity index (χ4v) is 5.81. The number of rotatable bonds is 5. The van der Waals surface area contributed by atoms with E-state index in [4.69, 9.17) is 27.9 Å². The SMILES string of the molecule is COc1ccc(-c2cn3c(C(=O)c4ccc(Cl)cc4Cl)c(-c4ccccc4)c4c3n2CCCC4)cc1. The summed E-state index contributed by atoms with van der Waals surface area (Å²) in [5.74, 6) is 0.698. The molecule has 4 nitrogen and oxygen atoms in total. The molecule has 1 aliphatic heterocycles. The van der Waals surface area contributed by atoms with Crippen LogP contribution in [0, 0.1) is 0 Å². The number of hydrogen-bond donors (Lipinski definition) is 0. The van der Waals surface area contributed by atoms with Crippen molar-refractivity contribution in [1.82, 2.24) is 8.97 Å². The van der Waals surface area contributed by atoms with Crippen molar-refractivity contribution in [2.24, 2.45) is 0 Å². The van der Waals surface area contributed by atoms with Crippen LogP contribution in [-0.2, 0) is 13.0 Å². The Morgan fingerprint density at radius 2 is 1.69 bits per heavy atom. The van der Waals surface area contributed by atoms with E-state index in [1.54, 1.807) is 25.3 Å². The summed E-state index contributed by atoms with van der Waals surface area (Å²) in [6.07, 6.45) is 5.12. The maximum absolute atomic E-state index is 14.2. The standard InChI is InChI=1S/C30H24Cl2N2O2/c1-36-22-13-10-19(11-14-22)26-18-34-28(29(35)23-15-12-21(31)17-25(23)32)27(20-7-3-2-4-8-20)24-9-5-6-16-33(26)30(24)34/h2-4,7-8,10-15,17-18H,5-6,9,16H2,1H3. The Bertz CT molecular complexity index is 1600. The molecule has 0 atom stereocenters. The van der Waals surface area contributed by atoms with Crippen LogP contribution in [0.1, 0.15) is 34.5 Å². The summed E-state index contributed by atoms with van der Waals surface area (Å²) in [6, 6.07) is 23.3. The number of hydrogen-bond acceptors (Lipinski definition) is 2. The van der Waals surface area contributed by atoms with Gasteiger partial charge in [0, 0.05) is 34.5 Å². The van der Waals surface area contributed by atoms with Gasteiger partial charge < -0.3 is 9.30 Å². The maximum Gasteiger partial charge on any atom is 0.211 e. The molecule has 3 heterocycles. The largest absolute Gasteiger partial charge is 0.497 e. The molecule has 2 aromatic heterocycles. The summed E-state index contributed by atoms with van der Waals surface area (Å²) in [4.78, 5) is 14.2. The Hall–Kier alpha value is -3.47. The van der Waals surface area contributed by atoms with Crippen molar-refractivity contribution in [2.45, 2.75) is 25.8 Å². The molecule has 0 saturated heterocycles. The number of carbonyl (C=O) groups excluding carboxylic acids is 1. The van der Waals surface area contributed by atoms with Crippen LogP contribution in [0.2, 0.25) is 10.0 Å². The molecular formula is C30H24Cl2N2O2. The predicted octanol–water partition coefficient (Wildman–Crippen LogP) is 7.96. The number of methoxy groups -OCH3 is 1. The molecule has 6 heteroatoms. The first-order chi connectivity index (χ1) is 17.6. The summed E-state index contributed by atoms with van der Waals surface area (Å²) in [5.41, 5.74) is 7.52. The maximum atomic E-state index is 14.2. The molecular weight excluding hydrogens is 491 g/mol. The zero-order chi connectivity index (χ0) is 24.8. The van der Waals surface area contributed by atoms with Gasteiger partial charge >= 0.3 is 0 Å². The van der Waals surface area contributed by atoms with Crippen LogP contribution >= 0.6 is 23.2 Å². The third-order valence-electron chi connectivity index (χ3n) is 6.97. The highest BCUT2D eigenvalue weighted by Crippen LogP contribution is 2.41. The van der Waals surface area contributed by atoms with E-state index in [9.17, 15) is 4.79 Å². The van der Waals surface area contributed by atoms with Gasteiger partial charge in [-0.2, -0.15) is 0 Å². The highest BCUT2D eigenvalue weighted by Gasteiger charge is 2.30. The van der Waals surface area contributed by atoms with E-state index in [1.165, 1.54) is 5.56 Å². The summed E-state index contributed by atoms with van der Waals surface area (Å²) in [6.45, 7) is 0.887. The van der Waals surface area contributed by atoms with Crippen molar-refractivity contribution in [3.8, 4) is 28.1 Å². The lowest BCUT2D eigenvalue weighted by Crippen LogP contribution is -2.07. The van der Waals surface area contributed by atoms with Crippen molar-refractivity contribution in [3.63, 3.8) is 0 Å². The van der Waals surface area contributed by atoms with Gasteiger partial charge in [0.2, 0.25) is 5.78 Å². The zero-order valence-electron chi connectivity index (χ0n) is 19.8. The molecule has 0 aliphatic carbocycles. The number of halogens is 2. The quantitative estimate of drug-likeness (QED) is 0.223. The van der Waals surface area contributed by atoms with Crippen molar-refractivity contribution in [2.75, 3.05) is 7.11 Å². The van der Waals surface area contributed by atoms with Crippen LogP contribution < -0.4 is 4.74 Å². The molecule has 180 valence electrons. The number of nitrogens with zero attached hydrogens (tertiary/aromatic N) is 2. The van der Waals surface area contributed by atoms with Gasteiger partial charge in [0.05, 0.1) is 17.8 Å². The Morgan fingerprint density at radius 3 is 2.42 bits per heavy atom. The molecule has 0 saturated carbocycles. The minimum absolute atomic E-state index is 0.115. The predicted molar refractivity (Wildman–Crippen MR) is 146 cm³/mol. The molecule has 0 spiro atoms. The first-order valence-corrected chi connectivity index (χ1v) is 12.8. The smallest absolute Gasteiger partial charge is 0.211 e. The molecule has 0 fully saturated rings. The molecule has 36 heavy (non-hydrogen) atoms. The lowest BCUT2D eigenvalue weighted by molar-refractivity contribution is 0.103. The average Bonchev–Trinajstić information content (AvgIpc) is 3.32. The first-order valence-electron chi connectivity index (χ1n) is 12.0. The second-order valence-electron chi connectivity index (χ2n) is 9.07. The molecule has 0 unspecified atom stereocenters. The molecule has 6 rings (SSSR count). The summed E-state index contributed by atoms with van der Waals surface area (Å²) in [7, 11) is 1.67. The molecule has 0 N–H and O–H groups in total. The topological polar surface area (TPSA) is 35.6 Å². The van der Waals surface area contributed by atoms with E-state index in [0.29, 0.717) is 21.3 Å². The Kier molecular flexibility index (Phi) is 5.87. The lowest BCUT2D eigenvalue weighted by atomic mass is 9.95. The minimum atomic E-state index is -0.115. The van der Waals surface area contributed by atoms with Crippen molar-refractivity contribution in [3.05, 3.63) is 106 Å². The third-order valence-corrected chi connectivity index (χ3v) is 7.52. The van der Waals surface area contributed by atoms with E-state index in [-0.39, 0.29) is 5.78 Å². The summed E-state index contributed by atoms with van der Waals surface area (Å²) in [5, 5.41) is 0.855. The normalized spacial score (nSPS) is 13.1. The average molecular weight is 515 g/mol. The van der Waals surface area contributed by atoms with Gasteiger partial charge in [-0.3, -0.25) is 9.20 Å². The first kappa shape index (κ1) is 23.0. The van der Waals surface area contributed by atoms with Crippen LogP contribution in [0.5, 0.6) is 5.75 Å². The molecule has 0 bridgehead atoms. The lowest BCUT2D eigenvalue weighted by Gasteiger charge is -2.10. The highest BCUT2D eigenvalue weighted by molar-refractivity contribution is 6.37. The van der Waals surface area contributed by atoms with Gasteiger partial charge in [0.25, 0.3) is 0 Å². The van der Waals surface area contributed by atoms with E-state index < -0.39 is 0 Å². The Morgan fingerprint density at radius 1 is 0.917 bits per heavy atom. The van der Waals surface area contributed by atoms with Gasteiger partial charge in [-0.15, -0.1) is 0 Å². The molecule has 0 amide bonds. The monoisotopic (exact) mass is 514 g/mol. The van der Waals surface area contributed by atoms with Crippen LogP contribution in [0.25, 0.3) is 28.0 Å². The number of benzene rings is 3. The van der Waals surface area contributed by atoms with Gasteiger partial charge in [0.1, 0.15) is 17.1 Å². The second kappa shape index (κ2) is 9.20. The molecule has 0 radical (unpaired) electrons.